The van der Waals surface area contributed by atoms with Crippen LogP contribution in [0.3, 0.4) is 0 Å². The van der Waals surface area contributed by atoms with Gasteiger partial charge in [-0.2, -0.15) is 0 Å². The van der Waals surface area contributed by atoms with Crippen molar-refractivity contribution in [3.05, 3.63) is 41.0 Å². The van der Waals surface area contributed by atoms with Crippen LogP contribution in [0.4, 0.5) is 0 Å². The minimum Gasteiger partial charge on any atom is -0.497 e. The molecule has 0 radical (unpaired) electrons. The third-order valence-electron chi connectivity index (χ3n) is 18.1. The van der Waals surface area contributed by atoms with E-state index in [1.807, 2.05) is 19.1 Å². The minimum atomic E-state index is -0.757. The lowest BCUT2D eigenvalue weighted by atomic mass is 9.35. The summed E-state index contributed by atoms with van der Waals surface area (Å²) in [5.74, 6) is 2.81. The Morgan fingerprint density at radius 1 is 0.914 bits per heavy atom. The molecule has 11 atom stereocenters. The van der Waals surface area contributed by atoms with E-state index in [1.165, 1.54) is 44.1 Å². The van der Waals surface area contributed by atoms with Gasteiger partial charge in [0.25, 0.3) is 5.91 Å². The number of rotatable bonds is 13. The lowest BCUT2D eigenvalue weighted by molar-refractivity contribution is -0.193. The lowest BCUT2D eigenvalue weighted by Crippen LogP contribution is -2.62. The van der Waals surface area contributed by atoms with Crippen molar-refractivity contribution in [3.63, 3.8) is 0 Å². The van der Waals surface area contributed by atoms with Gasteiger partial charge in [0, 0.05) is 41.8 Å². The number of carboxylic acids is 1. The number of methoxy groups -OCH3 is 1. The van der Waals surface area contributed by atoms with Crippen molar-refractivity contribution in [2.45, 2.75) is 145 Å². The van der Waals surface area contributed by atoms with Gasteiger partial charge in [0.2, 0.25) is 0 Å². The molecule has 0 aromatic heterocycles. The summed E-state index contributed by atoms with van der Waals surface area (Å²) >= 11 is 0. The SMILES string of the molecule is COc1ccc(C(=O)NC(C)(C)CNCCC23CCC4C(CCC5C4(C)CCC4C(C)(C)C(CC(=O)C6CC(C(=O)O)C6C)CCC45C)C2=C(C(C)C)C(=O)C3)cc1. The molecule has 8 nitrogen and oxygen atoms in total. The average Bonchev–Trinajstić information content (AvgIpc) is 3.46. The molecule has 0 heterocycles. The normalized spacial score (nSPS) is 37.9. The summed E-state index contributed by atoms with van der Waals surface area (Å²) in [4.78, 5) is 52.4. The van der Waals surface area contributed by atoms with Crippen molar-refractivity contribution >= 4 is 23.4 Å². The molecule has 6 aliphatic rings. The van der Waals surface area contributed by atoms with Crippen molar-refractivity contribution < 1.29 is 29.0 Å². The van der Waals surface area contributed by atoms with E-state index in [0.29, 0.717) is 72.5 Å². The Morgan fingerprint density at radius 2 is 1.60 bits per heavy atom. The minimum absolute atomic E-state index is 0.0486. The summed E-state index contributed by atoms with van der Waals surface area (Å²) in [6.07, 6.45) is 12.0. The van der Waals surface area contributed by atoms with Crippen LogP contribution in [0.5, 0.6) is 5.75 Å². The van der Waals surface area contributed by atoms with Crippen molar-refractivity contribution in [1.29, 1.82) is 0 Å². The molecule has 1 aromatic carbocycles. The fraction of sp³-hybridized carbons (Fsp3) is 0.760. The highest BCUT2D eigenvalue weighted by molar-refractivity contribution is 6.00. The van der Waals surface area contributed by atoms with Crippen LogP contribution in [0, 0.1) is 74.9 Å². The van der Waals surface area contributed by atoms with E-state index < -0.39 is 11.5 Å². The second-order valence-electron chi connectivity index (χ2n) is 22.2. The summed E-state index contributed by atoms with van der Waals surface area (Å²) in [6, 6.07) is 7.19. The van der Waals surface area contributed by atoms with Gasteiger partial charge in [-0.3, -0.25) is 19.2 Å². The van der Waals surface area contributed by atoms with Gasteiger partial charge >= 0.3 is 5.97 Å². The highest BCUT2D eigenvalue weighted by atomic mass is 16.5. The number of Topliss-reactive ketones (excluding diaryl/α,β-unsaturated/α-hetero) is 2. The van der Waals surface area contributed by atoms with E-state index in [1.54, 1.807) is 19.2 Å². The van der Waals surface area contributed by atoms with Crippen molar-refractivity contribution in [2.24, 2.45) is 74.9 Å². The molecule has 5 saturated carbocycles. The number of carboxylic acid groups (broad SMARTS) is 1. The molecule has 7 rings (SSSR count). The highest BCUT2D eigenvalue weighted by Crippen LogP contribution is 2.74. The predicted molar refractivity (Wildman–Crippen MR) is 228 cm³/mol. The number of fused-ring (bicyclic) bond motifs is 7. The Hall–Kier alpha value is -3.00. The zero-order valence-corrected chi connectivity index (χ0v) is 37.4. The van der Waals surface area contributed by atoms with Gasteiger partial charge in [0.15, 0.2) is 5.78 Å². The quantitative estimate of drug-likeness (QED) is 0.170. The zero-order valence-electron chi connectivity index (χ0n) is 37.4. The van der Waals surface area contributed by atoms with Crippen LogP contribution in [0.25, 0.3) is 0 Å². The molecule has 8 heteroatoms. The van der Waals surface area contributed by atoms with Crippen molar-refractivity contribution in [2.75, 3.05) is 20.2 Å². The number of allylic oxidation sites excluding steroid dienone is 2. The van der Waals surface area contributed by atoms with Crippen molar-refractivity contribution in [1.82, 2.24) is 10.6 Å². The molecule has 11 unspecified atom stereocenters. The van der Waals surface area contributed by atoms with Gasteiger partial charge in [0.05, 0.1) is 13.0 Å². The molecule has 1 aromatic rings. The second kappa shape index (κ2) is 15.5. The maximum absolute atomic E-state index is 14.1. The molecule has 58 heavy (non-hydrogen) atoms. The van der Waals surface area contributed by atoms with Crippen LogP contribution >= 0.6 is 0 Å². The Morgan fingerprint density at radius 3 is 2.24 bits per heavy atom. The molecule has 5 fully saturated rings. The van der Waals surface area contributed by atoms with E-state index in [4.69, 9.17) is 4.74 Å². The first-order chi connectivity index (χ1) is 27.2. The van der Waals surface area contributed by atoms with Crippen LogP contribution in [-0.2, 0) is 14.4 Å². The number of hydrogen-bond donors (Lipinski definition) is 3. The highest BCUT2D eigenvalue weighted by Gasteiger charge is 2.66. The van der Waals surface area contributed by atoms with E-state index in [9.17, 15) is 24.3 Å². The summed E-state index contributed by atoms with van der Waals surface area (Å²) in [6.45, 7) is 22.1. The Bertz CT molecular complexity index is 1810. The number of carbonyl (C=O) groups excluding carboxylic acids is 3. The summed E-state index contributed by atoms with van der Waals surface area (Å²) < 4.78 is 5.25. The smallest absolute Gasteiger partial charge is 0.306 e. The van der Waals surface area contributed by atoms with E-state index >= 15 is 0 Å². The number of ether oxygens (including phenoxy) is 1. The topological polar surface area (TPSA) is 122 Å². The fourth-order valence-electron chi connectivity index (χ4n) is 15.0. The Labute approximate surface area is 348 Å². The molecule has 3 N–H and O–H groups in total. The predicted octanol–water partition coefficient (Wildman–Crippen LogP) is 9.71. The van der Waals surface area contributed by atoms with Crippen LogP contribution in [0.15, 0.2) is 35.4 Å². The first-order valence-corrected chi connectivity index (χ1v) is 22.9. The van der Waals surface area contributed by atoms with E-state index in [-0.39, 0.29) is 51.2 Å². The van der Waals surface area contributed by atoms with Gasteiger partial charge in [0.1, 0.15) is 11.5 Å². The van der Waals surface area contributed by atoms with Gasteiger partial charge in [-0.15, -0.1) is 0 Å². The van der Waals surface area contributed by atoms with Gasteiger partial charge in [-0.05, 0) is 172 Å². The molecule has 1 amide bonds. The average molecular weight is 799 g/mol. The Balaban J connectivity index is 1.03. The summed E-state index contributed by atoms with van der Waals surface area (Å²) in [5.41, 5.74) is 3.23. The molecule has 0 aliphatic heterocycles. The van der Waals surface area contributed by atoms with Crippen LogP contribution in [0.1, 0.15) is 150 Å². The Kier molecular flexibility index (Phi) is 11.5. The summed E-state index contributed by atoms with van der Waals surface area (Å²) in [5, 5.41) is 16.5. The van der Waals surface area contributed by atoms with Gasteiger partial charge in [-0.1, -0.05) is 54.0 Å². The van der Waals surface area contributed by atoms with Crippen LogP contribution in [-0.4, -0.2) is 54.3 Å². The number of carbonyl (C=O) groups is 4. The van der Waals surface area contributed by atoms with Gasteiger partial charge in [-0.25, -0.2) is 0 Å². The number of benzene rings is 1. The number of nitrogens with one attached hydrogen (secondary N) is 2. The lowest BCUT2D eigenvalue weighted by Gasteiger charge is -2.69. The molecule has 0 bridgehead atoms. The first-order valence-electron chi connectivity index (χ1n) is 22.9. The standard InChI is InChI=1S/C50H74N2O6/c1-29(2)42-39(54)27-50(23-24-51-28-46(4,5)52-44(55)31-11-13-33(58-10)14-12-31)22-18-37-34(43(42)50)15-16-41-48(37,8)21-19-40-47(6,7)32(17-20-49(40,41)9)25-38(53)35-26-36(30(35)3)45(56)57/h11-14,29-30,32,34-37,40-41,51H,15-28H2,1-10H3,(H,52,55)(H,56,57). The second-order valence-corrected chi connectivity index (χ2v) is 22.2. The maximum atomic E-state index is 14.1. The molecule has 0 saturated heterocycles. The third kappa shape index (κ3) is 7.21. The maximum Gasteiger partial charge on any atom is 0.306 e. The number of amides is 1. The van der Waals surface area contributed by atoms with E-state index in [2.05, 4.69) is 66.0 Å². The summed E-state index contributed by atoms with van der Waals surface area (Å²) in [7, 11) is 1.62. The third-order valence-corrected chi connectivity index (χ3v) is 18.1. The van der Waals surface area contributed by atoms with E-state index in [0.717, 1.165) is 37.1 Å². The first kappa shape index (κ1) is 43.1. The van der Waals surface area contributed by atoms with Crippen LogP contribution in [0.2, 0.25) is 0 Å². The molecular formula is C50H74N2O6. The number of ketones is 2. The molecular weight excluding hydrogens is 725 g/mol. The molecule has 320 valence electrons. The van der Waals surface area contributed by atoms with Crippen LogP contribution < -0.4 is 15.4 Å². The number of hydrogen-bond acceptors (Lipinski definition) is 6. The monoisotopic (exact) mass is 799 g/mol. The van der Waals surface area contributed by atoms with Gasteiger partial charge < -0.3 is 20.5 Å². The zero-order chi connectivity index (χ0) is 42.2. The largest absolute Gasteiger partial charge is 0.497 e. The van der Waals surface area contributed by atoms with Crippen molar-refractivity contribution in [3.8, 4) is 5.75 Å². The number of aliphatic carboxylic acids is 1. The molecule has 0 spiro atoms. The molecule has 6 aliphatic carbocycles. The fourth-order valence-corrected chi connectivity index (χ4v) is 15.0.